The SMILES string of the molecule is CC(C)[C@H](C)NC(=O)CN1C(=O)N[C@]2(CCc3ccccc32)C1=O. The fraction of sp³-hybridized carbons (Fsp3) is 0.500. The molecule has 0 saturated carbocycles. The molecule has 1 aliphatic carbocycles. The number of imide groups is 1. The second kappa shape index (κ2) is 5.92. The van der Waals surface area contributed by atoms with Gasteiger partial charge in [0, 0.05) is 6.04 Å². The zero-order valence-corrected chi connectivity index (χ0v) is 14.3. The summed E-state index contributed by atoms with van der Waals surface area (Å²) in [5.41, 5.74) is 0.921. The molecule has 0 radical (unpaired) electrons. The Balaban J connectivity index is 1.78. The van der Waals surface area contributed by atoms with Gasteiger partial charge in [-0.25, -0.2) is 4.79 Å². The van der Waals surface area contributed by atoms with Gasteiger partial charge in [0.1, 0.15) is 12.1 Å². The van der Waals surface area contributed by atoms with Crippen molar-refractivity contribution in [3.63, 3.8) is 0 Å². The highest BCUT2D eigenvalue weighted by atomic mass is 16.2. The predicted octanol–water partition coefficient (Wildman–Crippen LogP) is 1.54. The van der Waals surface area contributed by atoms with Crippen LogP contribution in [0.3, 0.4) is 0 Å². The second-order valence-corrected chi connectivity index (χ2v) is 6.98. The van der Waals surface area contributed by atoms with E-state index in [2.05, 4.69) is 10.6 Å². The fourth-order valence-corrected chi connectivity index (χ4v) is 3.34. The molecule has 1 aromatic rings. The third-order valence-electron chi connectivity index (χ3n) is 5.11. The molecule has 6 heteroatoms. The molecule has 4 amide bonds. The first-order chi connectivity index (χ1) is 11.3. The number of carbonyl (C=O) groups excluding carboxylic acids is 3. The summed E-state index contributed by atoms with van der Waals surface area (Å²) in [4.78, 5) is 38.4. The summed E-state index contributed by atoms with van der Waals surface area (Å²) in [5, 5.41) is 5.66. The minimum Gasteiger partial charge on any atom is -0.352 e. The van der Waals surface area contributed by atoms with Crippen LogP contribution in [0.2, 0.25) is 0 Å². The van der Waals surface area contributed by atoms with Gasteiger partial charge in [-0.15, -0.1) is 0 Å². The molecule has 1 saturated heterocycles. The van der Waals surface area contributed by atoms with Gasteiger partial charge in [0.2, 0.25) is 5.91 Å². The third-order valence-corrected chi connectivity index (χ3v) is 5.11. The third kappa shape index (κ3) is 2.56. The molecule has 1 aromatic carbocycles. The summed E-state index contributed by atoms with van der Waals surface area (Å²) in [7, 11) is 0. The smallest absolute Gasteiger partial charge is 0.325 e. The van der Waals surface area contributed by atoms with Crippen molar-refractivity contribution in [2.75, 3.05) is 6.54 Å². The van der Waals surface area contributed by atoms with E-state index in [4.69, 9.17) is 0 Å². The van der Waals surface area contributed by atoms with E-state index in [-0.39, 0.29) is 30.3 Å². The van der Waals surface area contributed by atoms with Crippen LogP contribution in [-0.4, -0.2) is 35.3 Å². The van der Waals surface area contributed by atoms with Crippen molar-refractivity contribution in [1.29, 1.82) is 0 Å². The maximum absolute atomic E-state index is 12.9. The van der Waals surface area contributed by atoms with Gasteiger partial charge in [0.05, 0.1) is 0 Å². The summed E-state index contributed by atoms with van der Waals surface area (Å²) in [5.74, 6) is -0.363. The molecule has 1 aliphatic heterocycles. The molecule has 128 valence electrons. The first-order valence-corrected chi connectivity index (χ1v) is 8.37. The summed E-state index contributed by atoms with van der Waals surface area (Å²) >= 11 is 0. The predicted molar refractivity (Wildman–Crippen MR) is 89.1 cm³/mol. The highest BCUT2D eigenvalue weighted by molar-refractivity contribution is 6.09. The maximum atomic E-state index is 12.9. The molecule has 2 N–H and O–H groups in total. The van der Waals surface area contributed by atoms with Gasteiger partial charge in [-0.1, -0.05) is 38.1 Å². The number of aryl methyl sites for hydroxylation is 1. The molecular formula is C18H23N3O3. The zero-order chi connectivity index (χ0) is 17.5. The van der Waals surface area contributed by atoms with Crippen molar-refractivity contribution in [2.45, 2.75) is 45.2 Å². The molecule has 1 heterocycles. The van der Waals surface area contributed by atoms with Crippen molar-refractivity contribution in [3.8, 4) is 0 Å². The Morgan fingerprint density at radius 2 is 2.00 bits per heavy atom. The molecular weight excluding hydrogens is 306 g/mol. The molecule has 0 unspecified atom stereocenters. The average molecular weight is 329 g/mol. The van der Waals surface area contributed by atoms with Gasteiger partial charge in [0.15, 0.2) is 0 Å². The molecule has 1 fully saturated rings. The molecule has 2 aliphatic rings. The number of carbonyl (C=O) groups is 3. The van der Waals surface area contributed by atoms with Crippen molar-refractivity contribution in [2.24, 2.45) is 5.92 Å². The largest absolute Gasteiger partial charge is 0.352 e. The molecule has 24 heavy (non-hydrogen) atoms. The van der Waals surface area contributed by atoms with Crippen molar-refractivity contribution < 1.29 is 14.4 Å². The van der Waals surface area contributed by atoms with E-state index in [9.17, 15) is 14.4 Å². The van der Waals surface area contributed by atoms with Crippen LogP contribution in [0.1, 0.15) is 38.3 Å². The molecule has 2 atom stereocenters. The first kappa shape index (κ1) is 16.5. The van der Waals surface area contributed by atoms with E-state index in [1.54, 1.807) is 0 Å². The van der Waals surface area contributed by atoms with Crippen LogP contribution >= 0.6 is 0 Å². The van der Waals surface area contributed by atoms with Crippen LogP contribution in [0.25, 0.3) is 0 Å². The molecule has 6 nitrogen and oxygen atoms in total. The van der Waals surface area contributed by atoms with Crippen molar-refractivity contribution in [3.05, 3.63) is 35.4 Å². The monoisotopic (exact) mass is 329 g/mol. The minimum absolute atomic E-state index is 0.0144. The van der Waals surface area contributed by atoms with Crippen LogP contribution in [0.15, 0.2) is 24.3 Å². The van der Waals surface area contributed by atoms with Gasteiger partial charge in [-0.05, 0) is 36.8 Å². The van der Waals surface area contributed by atoms with Gasteiger partial charge < -0.3 is 10.6 Å². The number of benzene rings is 1. The van der Waals surface area contributed by atoms with E-state index in [0.29, 0.717) is 6.42 Å². The number of nitrogens with zero attached hydrogens (tertiary/aromatic N) is 1. The Hall–Kier alpha value is -2.37. The van der Waals surface area contributed by atoms with Gasteiger partial charge in [-0.3, -0.25) is 14.5 Å². The Morgan fingerprint density at radius 3 is 2.71 bits per heavy atom. The van der Waals surface area contributed by atoms with Crippen molar-refractivity contribution >= 4 is 17.8 Å². The number of fused-ring (bicyclic) bond motifs is 2. The number of nitrogens with one attached hydrogen (secondary N) is 2. The van der Waals surface area contributed by atoms with Crippen molar-refractivity contribution in [1.82, 2.24) is 15.5 Å². The quantitative estimate of drug-likeness (QED) is 0.823. The van der Waals surface area contributed by atoms with E-state index in [0.717, 1.165) is 22.4 Å². The van der Waals surface area contributed by atoms with Crippen LogP contribution < -0.4 is 10.6 Å². The van der Waals surface area contributed by atoms with Gasteiger partial charge in [-0.2, -0.15) is 0 Å². The topological polar surface area (TPSA) is 78.5 Å². The number of amides is 4. The van der Waals surface area contributed by atoms with Gasteiger partial charge in [0.25, 0.3) is 5.91 Å². The highest BCUT2D eigenvalue weighted by Gasteiger charge is 2.55. The lowest BCUT2D eigenvalue weighted by molar-refractivity contribution is -0.135. The van der Waals surface area contributed by atoms with E-state index < -0.39 is 11.6 Å². The normalized spacial score (nSPS) is 23.6. The lowest BCUT2D eigenvalue weighted by Gasteiger charge is -2.23. The van der Waals surface area contributed by atoms with E-state index in [1.807, 2.05) is 45.0 Å². The Kier molecular flexibility index (Phi) is 4.07. The van der Waals surface area contributed by atoms with Crippen LogP contribution in [0.5, 0.6) is 0 Å². The number of hydrogen-bond donors (Lipinski definition) is 2. The van der Waals surface area contributed by atoms with Gasteiger partial charge >= 0.3 is 6.03 Å². The molecule has 1 spiro atoms. The summed E-state index contributed by atoms with van der Waals surface area (Å²) in [6.07, 6.45) is 1.28. The molecule has 3 rings (SSSR count). The lowest BCUT2D eigenvalue weighted by atomic mass is 9.92. The Morgan fingerprint density at radius 1 is 1.29 bits per heavy atom. The minimum atomic E-state index is -1.00. The van der Waals surface area contributed by atoms with Crippen LogP contribution in [0, 0.1) is 5.92 Å². The summed E-state index contributed by atoms with van der Waals surface area (Å²) < 4.78 is 0. The van der Waals surface area contributed by atoms with E-state index in [1.165, 1.54) is 0 Å². The zero-order valence-electron chi connectivity index (χ0n) is 14.3. The standard InChI is InChI=1S/C18H23N3O3/c1-11(2)12(3)19-15(22)10-21-16(23)18(20-17(21)24)9-8-13-6-4-5-7-14(13)18/h4-7,11-12H,8-10H2,1-3H3,(H,19,22)(H,20,24)/t12-,18-/m0/s1. The average Bonchev–Trinajstić information content (AvgIpc) is 3.02. The number of rotatable bonds is 4. The number of hydrogen-bond acceptors (Lipinski definition) is 3. The highest BCUT2D eigenvalue weighted by Crippen LogP contribution is 2.41. The lowest BCUT2D eigenvalue weighted by Crippen LogP contribution is -2.46. The van der Waals surface area contributed by atoms with Crippen LogP contribution in [0.4, 0.5) is 4.79 Å². The first-order valence-electron chi connectivity index (χ1n) is 8.37. The maximum Gasteiger partial charge on any atom is 0.325 e. The molecule has 0 bridgehead atoms. The Bertz CT molecular complexity index is 701. The summed E-state index contributed by atoms with van der Waals surface area (Å²) in [6, 6.07) is 7.14. The Labute approximate surface area is 141 Å². The number of urea groups is 1. The molecule has 0 aromatic heterocycles. The van der Waals surface area contributed by atoms with Crippen LogP contribution in [-0.2, 0) is 21.5 Å². The fourth-order valence-electron chi connectivity index (χ4n) is 3.34. The van der Waals surface area contributed by atoms with E-state index >= 15 is 0 Å². The summed E-state index contributed by atoms with van der Waals surface area (Å²) in [6.45, 7) is 5.67. The second-order valence-electron chi connectivity index (χ2n) is 6.98.